The number of halogens is 2. The molecule has 10 heteroatoms. The van der Waals surface area contributed by atoms with Crippen LogP contribution in [0.15, 0.2) is 48.7 Å². The molecule has 8 nitrogen and oxygen atoms in total. The maximum absolute atomic E-state index is 12.6. The van der Waals surface area contributed by atoms with E-state index in [0.717, 1.165) is 0 Å². The highest BCUT2D eigenvalue weighted by Gasteiger charge is 2.19. The van der Waals surface area contributed by atoms with Crippen LogP contribution >= 0.6 is 23.2 Å². The van der Waals surface area contributed by atoms with E-state index in [0.29, 0.717) is 21.5 Å². The molecular weight excluding hydrogens is 419 g/mol. The molecule has 0 aliphatic rings. The number of hydrogen-bond donors (Lipinski definition) is 1. The summed E-state index contributed by atoms with van der Waals surface area (Å²) in [7, 11) is 0. The summed E-state index contributed by atoms with van der Waals surface area (Å²) >= 11 is 11.8. The highest BCUT2D eigenvalue weighted by Crippen LogP contribution is 2.30. The third-order valence-electron chi connectivity index (χ3n) is 4.05. The molecule has 0 aliphatic carbocycles. The lowest BCUT2D eigenvalue weighted by atomic mass is 10.2. The monoisotopic (exact) mass is 434 g/mol. The lowest BCUT2D eigenvalue weighted by molar-refractivity contribution is -0.384. The van der Waals surface area contributed by atoms with E-state index in [1.54, 1.807) is 44.3 Å². The number of anilines is 1. The van der Waals surface area contributed by atoms with Gasteiger partial charge in [-0.1, -0.05) is 23.2 Å². The van der Waals surface area contributed by atoms with Gasteiger partial charge in [-0.25, -0.2) is 0 Å². The molecule has 3 aromatic rings. The summed E-state index contributed by atoms with van der Waals surface area (Å²) in [6, 6.07) is 9.86. The number of amides is 1. The van der Waals surface area contributed by atoms with Gasteiger partial charge in [0, 0.05) is 23.4 Å². The van der Waals surface area contributed by atoms with Crippen molar-refractivity contribution in [3.63, 3.8) is 0 Å². The maximum atomic E-state index is 12.6. The van der Waals surface area contributed by atoms with Crippen molar-refractivity contribution >= 4 is 40.5 Å². The van der Waals surface area contributed by atoms with E-state index in [1.165, 1.54) is 22.9 Å². The average Bonchev–Trinajstić information content (AvgIpc) is 3.01. The molecule has 2 aromatic carbocycles. The highest BCUT2D eigenvalue weighted by molar-refractivity contribution is 6.31. The largest absolute Gasteiger partial charge is 0.457 e. The van der Waals surface area contributed by atoms with Gasteiger partial charge in [-0.05, 0) is 38.1 Å². The molecule has 0 spiro atoms. The Morgan fingerprint density at radius 3 is 2.48 bits per heavy atom. The number of non-ortho nitro benzene ring substituents is 1. The number of aryl methyl sites for hydroxylation is 1. The van der Waals surface area contributed by atoms with Crippen LogP contribution in [-0.4, -0.2) is 20.6 Å². The fourth-order valence-electron chi connectivity index (χ4n) is 2.48. The second-order valence-electron chi connectivity index (χ2n) is 6.24. The van der Waals surface area contributed by atoms with Crippen molar-refractivity contribution in [3.05, 3.63) is 74.5 Å². The Labute approximate surface area is 176 Å². The third kappa shape index (κ3) is 5.04. The number of carbonyl (C=O) groups is 1. The van der Waals surface area contributed by atoms with Gasteiger partial charge in [-0.3, -0.25) is 19.6 Å². The number of rotatable bonds is 6. The molecule has 3 rings (SSSR count). The smallest absolute Gasteiger partial charge is 0.275 e. The van der Waals surface area contributed by atoms with Crippen LogP contribution in [0.5, 0.6) is 11.5 Å². The Morgan fingerprint density at radius 1 is 1.21 bits per heavy atom. The molecule has 1 unspecified atom stereocenters. The number of nitrogens with one attached hydrogen (secondary N) is 1. The topological polar surface area (TPSA) is 99.3 Å². The van der Waals surface area contributed by atoms with Crippen molar-refractivity contribution < 1.29 is 14.5 Å². The van der Waals surface area contributed by atoms with Gasteiger partial charge in [-0.2, -0.15) is 5.10 Å². The molecule has 0 saturated heterocycles. The molecule has 0 radical (unpaired) electrons. The summed E-state index contributed by atoms with van der Waals surface area (Å²) in [4.78, 5) is 23.3. The number of aromatic nitrogens is 2. The number of ether oxygens (including phenoxy) is 1. The van der Waals surface area contributed by atoms with Gasteiger partial charge >= 0.3 is 0 Å². The van der Waals surface area contributed by atoms with E-state index in [2.05, 4.69) is 10.4 Å². The summed E-state index contributed by atoms with van der Waals surface area (Å²) in [5.41, 5.74) is 0.590. The minimum atomic E-state index is -0.680. The van der Waals surface area contributed by atoms with Crippen LogP contribution in [0.25, 0.3) is 0 Å². The molecule has 1 heterocycles. The molecule has 1 amide bonds. The van der Waals surface area contributed by atoms with E-state index in [-0.39, 0.29) is 17.1 Å². The number of benzene rings is 2. The van der Waals surface area contributed by atoms with Crippen LogP contribution in [0.1, 0.15) is 18.7 Å². The van der Waals surface area contributed by atoms with Gasteiger partial charge in [0.1, 0.15) is 17.5 Å². The fraction of sp³-hybridized carbons (Fsp3) is 0.158. The summed E-state index contributed by atoms with van der Waals surface area (Å²) in [5, 5.41) is 19.1. The van der Waals surface area contributed by atoms with Crippen molar-refractivity contribution in [1.82, 2.24) is 9.78 Å². The normalized spacial score (nSPS) is 11.7. The van der Waals surface area contributed by atoms with Crippen LogP contribution in [0.4, 0.5) is 11.4 Å². The molecule has 29 heavy (non-hydrogen) atoms. The van der Waals surface area contributed by atoms with Crippen LogP contribution in [0, 0.1) is 17.0 Å². The van der Waals surface area contributed by atoms with Crippen LogP contribution in [0.2, 0.25) is 10.0 Å². The van der Waals surface area contributed by atoms with Crippen LogP contribution in [-0.2, 0) is 4.79 Å². The van der Waals surface area contributed by atoms with E-state index < -0.39 is 16.9 Å². The predicted octanol–water partition coefficient (Wildman–Crippen LogP) is 5.40. The van der Waals surface area contributed by atoms with Gasteiger partial charge in [0.15, 0.2) is 0 Å². The molecule has 150 valence electrons. The van der Waals surface area contributed by atoms with Crippen LogP contribution in [0.3, 0.4) is 0 Å². The number of nitrogens with zero attached hydrogens (tertiary/aromatic N) is 3. The lowest BCUT2D eigenvalue weighted by Crippen LogP contribution is -2.24. The molecule has 0 fully saturated rings. The van der Waals surface area contributed by atoms with Crippen LogP contribution < -0.4 is 10.1 Å². The average molecular weight is 435 g/mol. The van der Waals surface area contributed by atoms with E-state index in [4.69, 9.17) is 27.9 Å². The highest BCUT2D eigenvalue weighted by atomic mass is 35.5. The first-order chi connectivity index (χ1) is 13.7. The van der Waals surface area contributed by atoms with Gasteiger partial charge in [0.2, 0.25) is 5.91 Å². The number of carbonyl (C=O) groups excluding carboxylic acids is 1. The van der Waals surface area contributed by atoms with Crippen molar-refractivity contribution in [1.29, 1.82) is 0 Å². The van der Waals surface area contributed by atoms with Crippen molar-refractivity contribution in [2.24, 2.45) is 0 Å². The van der Waals surface area contributed by atoms with E-state index >= 15 is 0 Å². The zero-order valence-electron chi connectivity index (χ0n) is 15.4. The second-order valence-corrected chi connectivity index (χ2v) is 7.08. The van der Waals surface area contributed by atoms with Gasteiger partial charge in [0.25, 0.3) is 5.69 Å². The summed E-state index contributed by atoms with van der Waals surface area (Å²) < 4.78 is 7.09. The number of nitro benzene ring substituents is 1. The molecule has 0 aliphatic heterocycles. The lowest BCUT2D eigenvalue weighted by Gasteiger charge is -2.14. The first kappa shape index (κ1) is 20.6. The molecule has 0 bridgehead atoms. The Bertz CT molecular complexity index is 1050. The summed E-state index contributed by atoms with van der Waals surface area (Å²) in [6.45, 7) is 3.37. The van der Waals surface area contributed by atoms with Gasteiger partial charge < -0.3 is 10.1 Å². The Balaban J connectivity index is 1.83. The van der Waals surface area contributed by atoms with E-state index in [1.807, 2.05) is 0 Å². The molecular formula is C19H16Cl2N4O4. The number of nitro groups is 1. The first-order valence-corrected chi connectivity index (χ1v) is 9.23. The molecule has 0 saturated carbocycles. The standard InChI is InChI=1S/C19H16Cl2N4O4/c1-11-18(21)10-24(23-11)12(2)19(26)22-14-7-15(25(27)28)9-17(8-14)29-16-5-3-13(20)4-6-16/h3-10,12H,1-2H3,(H,22,26). The summed E-state index contributed by atoms with van der Waals surface area (Å²) in [5.74, 6) is 0.228. The fourth-order valence-corrected chi connectivity index (χ4v) is 2.75. The molecule has 1 aromatic heterocycles. The quantitative estimate of drug-likeness (QED) is 0.413. The minimum Gasteiger partial charge on any atom is -0.457 e. The first-order valence-electron chi connectivity index (χ1n) is 8.48. The Hall–Kier alpha value is -3.10. The second kappa shape index (κ2) is 8.50. The van der Waals surface area contributed by atoms with Crippen molar-refractivity contribution in [2.45, 2.75) is 19.9 Å². The number of hydrogen-bond acceptors (Lipinski definition) is 5. The Morgan fingerprint density at radius 2 is 1.90 bits per heavy atom. The van der Waals surface area contributed by atoms with E-state index in [9.17, 15) is 14.9 Å². The molecule has 1 atom stereocenters. The van der Waals surface area contributed by atoms with Gasteiger partial charge in [0.05, 0.1) is 27.4 Å². The van der Waals surface area contributed by atoms with Gasteiger partial charge in [-0.15, -0.1) is 0 Å². The molecule has 1 N–H and O–H groups in total. The van der Waals surface area contributed by atoms with Crippen molar-refractivity contribution in [2.75, 3.05) is 5.32 Å². The zero-order valence-corrected chi connectivity index (χ0v) is 16.9. The van der Waals surface area contributed by atoms with Crippen molar-refractivity contribution in [3.8, 4) is 11.5 Å². The Kier molecular flexibility index (Phi) is 6.05. The summed E-state index contributed by atoms with van der Waals surface area (Å²) in [6.07, 6.45) is 1.55. The maximum Gasteiger partial charge on any atom is 0.275 e. The predicted molar refractivity (Wildman–Crippen MR) is 110 cm³/mol. The third-order valence-corrected chi connectivity index (χ3v) is 4.68. The minimum absolute atomic E-state index is 0.197. The SMILES string of the molecule is Cc1nn(C(C)C(=O)Nc2cc(Oc3ccc(Cl)cc3)cc([N+](=O)[O-])c2)cc1Cl. The zero-order chi connectivity index (χ0) is 21.1.